The first-order valence-corrected chi connectivity index (χ1v) is 22.8. The van der Waals surface area contributed by atoms with E-state index in [4.69, 9.17) is 8.83 Å². The van der Waals surface area contributed by atoms with E-state index >= 15 is 0 Å². The first-order chi connectivity index (χ1) is 33.2. The molecule has 0 bridgehead atoms. The Morgan fingerprint density at radius 1 is 0.269 bits per heavy atom. The largest absolute Gasteiger partial charge is 0.456 e. The standard InChI is InChI=1S/C62H37N3O2/c1-2-13-41(14-3-1)65-55-23-10-6-18-49(55)60-50-20-12-19-44(61(50)67-62(60)65)38-25-29-42(30-26-38)63-53-21-8-4-15-45(53)51-35-39(27-33-56(51)63)40-28-34-57-52(36-40)46-16-5-9-22-54(46)64(57)43-31-32-48-47-17-7-11-24-58(47)66-59(48)37-43/h1-37H. The molecule has 15 aromatic rings. The van der Waals surface area contributed by atoms with Gasteiger partial charge in [-0.25, -0.2) is 0 Å². The van der Waals surface area contributed by atoms with Crippen LogP contribution in [0, 0.1) is 0 Å². The lowest BCUT2D eigenvalue weighted by atomic mass is 10.0. The van der Waals surface area contributed by atoms with Gasteiger partial charge in [0.2, 0.25) is 5.71 Å². The van der Waals surface area contributed by atoms with Gasteiger partial charge in [-0.3, -0.25) is 4.57 Å². The molecular formula is C62H37N3O2. The third-order valence-electron chi connectivity index (χ3n) is 14.1. The molecule has 5 heterocycles. The van der Waals surface area contributed by atoms with Crippen LogP contribution in [-0.4, -0.2) is 13.7 Å². The van der Waals surface area contributed by atoms with E-state index in [-0.39, 0.29) is 0 Å². The Hall–Kier alpha value is -9.06. The molecule has 312 valence electrons. The molecule has 0 unspecified atom stereocenters. The Morgan fingerprint density at radius 3 is 1.48 bits per heavy atom. The summed E-state index contributed by atoms with van der Waals surface area (Å²) in [6.07, 6.45) is 0. The van der Waals surface area contributed by atoms with Crippen LogP contribution in [-0.2, 0) is 0 Å². The first-order valence-electron chi connectivity index (χ1n) is 22.8. The van der Waals surface area contributed by atoms with Crippen molar-refractivity contribution in [3.8, 4) is 39.3 Å². The summed E-state index contributed by atoms with van der Waals surface area (Å²) in [5.74, 6) is 0. The van der Waals surface area contributed by atoms with E-state index in [1.165, 1.54) is 54.6 Å². The van der Waals surface area contributed by atoms with E-state index in [2.05, 4.69) is 226 Å². The summed E-state index contributed by atoms with van der Waals surface area (Å²) in [7, 11) is 0. The van der Waals surface area contributed by atoms with E-state index in [1.807, 2.05) is 12.1 Å². The van der Waals surface area contributed by atoms with Crippen LogP contribution in [0.5, 0.6) is 0 Å². The van der Waals surface area contributed by atoms with Crippen molar-refractivity contribution in [2.24, 2.45) is 0 Å². The molecule has 10 aromatic carbocycles. The third kappa shape index (κ3) is 5.19. The number of aromatic nitrogens is 3. The third-order valence-corrected chi connectivity index (χ3v) is 14.1. The van der Waals surface area contributed by atoms with Gasteiger partial charge in [0.25, 0.3) is 0 Å². The molecule has 0 saturated heterocycles. The number of nitrogens with zero attached hydrogens (tertiary/aromatic N) is 3. The van der Waals surface area contributed by atoms with Gasteiger partial charge in [0.1, 0.15) is 16.7 Å². The molecule has 0 aliphatic carbocycles. The highest BCUT2D eigenvalue weighted by atomic mass is 16.3. The van der Waals surface area contributed by atoms with Gasteiger partial charge >= 0.3 is 0 Å². The normalized spacial score (nSPS) is 12.2. The minimum absolute atomic E-state index is 0.861. The van der Waals surface area contributed by atoms with Crippen molar-refractivity contribution in [2.45, 2.75) is 0 Å². The van der Waals surface area contributed by atoms with Crippen molar-refractivity contribution in [1.29, 1.82) is 0 Å². The van der Waals surface area contributed by atoms with Gasteiger partial charge in [-0.15, -0.1) is 0 Å². The molecule has 5 aromatic heterocycles. The average molecular weight is 856 g/mol. The summed E-state index contributed by atoms with van der Waals surface area (Å²) in [6, 6.07) is 80.7. The molecule has 0 amide bonds. The Morgan fingerprint density at radius 2 is 0.776 bits per heavy atom. The Kier molecular flexibility index (Phi) is 7.44. The van der Waals surface area contributed by atoms with E-state index in [1.54, 1.807) is 0 Å². The number of hydrogen-bond donors (Lipinski definition) is 0. The van der Waals surface area contributed by atoms with Gasteiger partial charge in [-0.05, 0) is 102 Å². The lowest BCUT2D eigenvalue weighted by Crippen LogP contribution is -1.94. The molecule has 0 aliphatic heterocycles. The van der Waals surface area contributed by atoms with Crippen LogP contribution in [0.25, 0.3) is 138 Å². The fraction of sp³-hybridized carbons (Fsp3) is 0. The molecule has 5 heteroatoms. The van der Waals surface area contributed by atoms with Crippen LogP contribution < -0.4 is 0 Å². The molecule has 0 spiro atoms. The number of furan rings is 2. The Bertz CT molecular complexity index is 4500. The van der Waals surface area contributed by atoms with Gasteiger partial charge < -0.3 is 18.0 Å². The smallest absolute Gasteiger partial charge is 0.213 e. The summed E-state index contributed by atoms with van der Waals surface area (Å²) in [5.41, 5.74) is 17.2. The zero-order valence-corrected chi connectivity index (χ0v) is 36.0. The van der Waals surface area contributed by atoms with Crippen LogP contribution >= 0.6 is 0 Å². The highest BCUT2D eigenvalue weighted by molar-refractivity contribution is 6.22. The van der Waals surface area contributed by atoms with Crippen LogP contribution in [0.4, 0.5) is 0 Å². The van der Waals surface area contributed by atoms with Crippen molar-refractivity contribution >= 4 is 98.5 Å². The number of benzene rings is 10. The van der Waals surface area contributed by atoms with Crippen molar-refractivity contribution < 1.29 is 8.83 Å². The predicted molar refractivity (Wildman–Crippen MR) is 277 cm³/mol. The molecule has 0 saturated carbocycles. The molecule has 0 fully saturated rings. The molecule has 0 aliphatic rings. The summed E-state index contributed by atoms with van der Waals surface area (Å²) in [5, 5.41) is 10.6. The maximum Gasteiger partial charge on any atom is 0.213 e. The SMILES string of the molecule is c1ccc(-n2c3ccccc3c3c4cccc(-c5ccc(-n6c7ccccc7c7cc(-c8ccc9c(c8)c8ccccc8n9-c8ccc9c(c8)oc8ccccc89)ccc76)cc5)c4oc32)cc1. The lowest BCUT2D eigenvalue weighted by Gasteiger charge is -2.11. The number of hydrogen-bond acceptors (Lipinski definition) is 2. The fourth-order valence-corrected chi connectivity index (χ4v) is 11.1. The molecular weight excluding hydrogens is 819 g/mol. The van der Waals surface area contributed by atoms with E-state index in [0.29, 0.717) is 0 Å². The summed E-state index contributed by atoms with van der Waals surface area (Å²) < 4.78 is 20.3. The fourth-order valence-electron chi connectivity index (χ4n) is 11.1. The second-order valence-corrected chi connectivity index (χ2v) is 17.6. The topological polar surface area (TPSA) is 41.1 Å². The van der Waals surface area contributed by atoms with Crippen molar-refractivity contribution in [3.05, 3.63) is 224 Å². The van der Waals surface area contributed by atoms with Crippen LogP contribution in [0.3, 0.4) is 0 Å². The second-order valence-electron chi connectivity index (χ2n) is 17.6. The minimum atomic E-state index is 0.861. The van der Waals surface area contributed by atoms with Crippen LogP contribution in [0.1, 0.15) is 0 Å². The van der Waals surface area contributed by atoms with E-state index in [9.17, 15) is 0 Å². The summed E-state index contributed by atoms with van der Waals surface area (Å²) >= 11 is 0. The summed E-state index contributed by atoms with van der Waals surface area (Å²) in [4.78, 5) is 0. The van der Waals surface area contributed by atoms with Crippen molar-refractivity contribution in [3.63, 3.8) is 0 Å². The monoisotopic (exact) mass is 855 g/mol. The van der Waals surface area contributed by atoms with Crippen molar-refractivity contribution in [1.82, 2.24) is 13.7 Å². The van der Waals surface area contributed by atoms with E-state index in [0.717, 1.165) is 83.2 Å². The maximum absolute atomic E-state index is 6.92. The summed E-state index contributed by atoms with van der Waals surface area (Å²) in [6.45, 7) is 0. The first kappa shape index (κ1) is 36.3. The average Bonchev–Trinajstić information content (AvgIpc) is 4.19. The lowest BCUT2D eigenvalue weighted by molar-refractivity contribution is 0.646. The minimum Gasteiger partial charge on any atom is -0.456 e. The molecule has 0 N–H and O–H groups in total. The van der Waals surface area contributed by atoms with Gasteiger partial charge in [-0.2, -0.15) is 0 Å². The Balaban J connectivity index is 0.828. The van der Waals surface area contributed by atoms with Gasteiger partial charge in [0.05, 0.1) is 33.0 Å². The molecule has 15 rings (SSSR count). The van der Waals surface area contributed by atoms with Gasteiger partial charge in [-0.1, -0.05) is 133 Å². The van der Waals surface area contributed by atoms with Gasteiger partial charge in [0, 0.05) is 71.8 Å². The number of fused-ring (bicyclic) bond motifs is 14. The van der Waals surface area contributed by atoms with Crippen LogP contribution in [0.2, 0.25) is 0 Å². The quantitative estimate of drug-likeness (QED) is 0.173. The molecule has 0 atom stereocenters. The zero-order valence-electron chi connectivity index (χ0n) is 36.0. The van der Waals surface area contributed by atoms with Gasteiger partial charge in [0.15, 0.2) is 0 Å². The number of para-hydroxylation sites is 6. The molecule has 5 nitrogen and oxygen atoms in total. The highest BCUT2D eigenvalue weighted by Gasteiger charge is 2.22. The zero-order chi connectivity index (χ0) is 43.7. The number of rotatable bonds is 5. The highest BCUT2D eigenvalue weighted by Crippen LogP contribution is 2.44. The van der Waals surface area contributed by atoms with Crippen LogP contribution in [0.15, 0.2) is 233 Å². The molecule has 67 heavy (non-hydrogen) atoms. The molecule has 0 radical (unpaired) electrons. The Labute approximate surface area is 383 Å². The van der Waals surface area contributed by atoms with E-state index < -0.39 is 0 Å². The van der Waals surface area contributed by atoms with Crippen molar-refractivity contribution in [2.75, 3.05) is 0 Å². The maximum atomic E-state index is 6.92. The second kappa shape index (κ2) is 13.7. The predicted octanol–water partition coefficient (Wildman–Crippen LogP) is 17.0.